The van der Waals surface area contributed by atoms with E-state index >= 15 is 0 Å². The first kappa shape index (κ1) is 14.2. The third-order valence-electron chi connectivity index (χ3n) is 4.03. The van der Waals surface area contributed by atoms with Crippen molar-refractivity contribution >= 4 is 23.2 Å². The second kappa shape index (κ2) is 5.02. The predicted molar refractivity (Wildman–Crippen MR) is 76.3 cm³/mol. The largest absolute Gasteiger partial charge is 0.398 e. The van der Waals surface area contributed by atoms with Gasteiger partial charge in [-0.25, -0.2) is 0 Å². The highest BCUT2D eigenvalue weighted by atomic mass is 35.5. The molecule has 1 aromatic carbocycles. The molecule has 1 fully saturated rings. The standard InChI is InChI=1S/C14H19ClN2O2/c1-14(2)11(7-12(14)19-3)17-13(18)8-4-5-10(16)9(15)6-8/h4-6,11-12H,7,16H2,1-3H3,(H,17,18). The van der Waals surface area contributed by atoms with E-state index in [2.05, 4.69) is 19.2 Å². The summed E-state index contributed by atoms with van der Waals surface area (Å²) in [6.07, 6.45) is 1.02. The maximum absolute atomic E-state index is 12.1. The van der Waals surface area contributed by atoms with E-state index in [-0.39, 0.29) is 23.5 Å². The molecule has 0 saturated heterocycles. The number of ether oxygens (including phenoxy) is 1. The summed E-state index contributed by atoms with van der Waals surface area (Å²) in [6, 6.07) is 5.02. The second-order valence-corrected chi connectivity index (χ2v) is 5.95. The first-order valence-corrected chi connectivity index (χ1v) is 6.62. The van der Waals surface area contributed by atoms with E-state index in [9.17, 15) is 4.79 Å². The number of carbonyl (C=O) groups excluding carboxylic acids is 1. The number of nitrogen functional groups attached to an aromatic ring is 1. The van der Waals surface area contributed by atoms with Crippen LogP contribution >= 0.6 is 11.6 Å². The maximum Gasteiger partial charge on any atom is 0.251 e. The van der Waals surface area contributed by atoms with Gasteiger partial charge in [0, 0.05) is 24.1 Å². The lowest BCUT2D eigenvalue weighted by molar-refractivity contribution is -0.0942. The molecule has 2 rings (SSSR count). The number of amides is 1. The van der Waals surface area contributed by atoms with Crippen LogP contribution in [0.15, 0.2) is 18.2 Å². The molecule has 5 heteroatoms. The number of rotatable bonds is 3. The molecule has 19 heavy (non-hydrogen) atoms. The van der Waals surface area contributed by atoms with Crippen LogP contribution in [0.5, 0.6) is 0 Å². The number of benzene rings is 1. The van der Waals surface area contributed by atoms with Crippen LogP contribution in [0, 0.1) is 5.41 Å². The first-order chi connectivity index (χ1) is 8.86. The van der Waals surface area contributed by atoms with E-state index in [4.69, 9.17) is 22.1 Å². The van der Waals surface area contributed by atoms with Crippen LogP contribution in [0.25, 0.3) is 0 Å². The normalized spacial score (nSPS) is 24.6. The second-order valence-electron chi connectivity index (χ2n) is 5.54. The molecule has 1 amide bonds. The first-order valence-electron chi connectivity index (χ1n) is 6.25. The van der Waals surface area contributed by atoms with Crippen molar-refractivity contribution < 1.29 is 9.53 Å². The zero-order chi connectivity index (χ0) is 14.2. The van der Waals surface area contributed by atoms with Gasteiger partial charge in [0.05, 0.1) is 16.8 Å². The summed E-state index contributed by atoms with van der Waals surface area (Å²) in [7, 11) is 1.70. The Morgan fingerprint density at radius 2 is 2.21 bits per heavy atom. The van der Waals surface area contributed by atoms with Crippen molar-refractivity contribution in [2.75, 3.05) is 12.8 Å². The van der Waals surface area contributed by atoms with Gasteiger partial charge in [0.1, 0.15) is 0 Å². The van der Waals surface area contributed by atoms with E-state index in [1.165, 1.54) is 0 Å². The number of hydrogen-bond donors (Lipinski definition) is 2. The van der Waals surface area contributed by atoms with Crippen LogP contribution in [0.3, 0.4) is 0 Å². The highest BCUT2D eigenvalue weighted by Gasteiger charge is 2.49. The lowest BCUT2D eigenvalue weighted by atomic mass is 9.64. The number of nitrogens with one attached hydrogen (secondary N) is 1. The van der Waals surface area contributed by atoms with Gasteiger partial charge in [-0.2, -0.15) is 0 Å². The van der Waals surface area contributed by atoms with Gasteiger partial charge in [-0.15, -0.1) is 0 Å². The summed E-state index contributed by atoms with van der Waals surface area (Å²) in [5.41, 5.74) is 6.57. The van der Waals surface area contributed by atoms with E-state index in [1.807, 2.05) is 0 Å². The highest BCUT2D eigenvalue weighted by molar-refractivity contribution is 6.33. The Morgan fingerprint density at radius 1 is 1.53 bits per heavy atom. The molecule has 2 unspecified atom stereocenters. The molecule has 2 atom stereocenters. The minimum Gasteiger partial charge on any atom is -0.398 e. The summed E-state index contributed by atoms with van der Waals surface area (Å²) in [5, 5.41) is 3.41. The fourth-order valence-electron chi connectivity index (χ4n) is 2.44. The third-order valence-corrected chi connectivity index (χ3v) is 4.36. The molecular weight excluding hydrogens is 264 g/mol. The SMILES string of the molecule is COC1CC(NC(=O)c2ccc(N)c(Cl)c2)C1(C)C. The Bertz CT molecular complexity index is 502. The lowest BCUT2D eigenvalue weighted by Gasteiger charge is -2.51. The van der Waals surface area contributed by atoms with Crippen molar-refractivity contribution in [2.24, 2.45) is 5.41 Å². The van der Waals surface area contributed by atoms with Gasteiger partial charge < -0.3 is 15.8 Å². The summed E-state index contributed by atoms with van der Waals surface area (Å²) in [6.45, 7) is 4.18. The average Bonchev–Trinajstić information content (AvgIpc) is 2.36. The quantitative estimate of drug-likeness (QED) is 0.837. The van der Waals surface area contributed by atoms with Crippen molar-refractivity contribution in [1.82, 2.24) is 5.32 Å². The molecule has 3 N–H and O–H groups in total. The van der Waals surface area contributed by atoms with Crippen molar-refractivity contribution in [3.05, 3.63) is 28.8 Å². The van der Waals surface area contributed by atoms with Crippen LogP contribution in [0.2, 0.25) is 5.02 Å². The molecular formula is C14H19ClN2O2. The fourth-order valence-corrected chi connectivity index (χ4v) is 2.62. The molecule has 0 radical (unpaired) electrons. The van der Waals surface area contributed by atoms with E-state index in [1.54, 1.807) is 25.3 Å². The Hall–Kier alpha value is -1.26. The number of hydrogen-bond acceptors (Lipinski definition) is 3. The van der Waals surface area contributed by atoms with E-state index < -0.39 is 0 Å². The van der Waals surface area contributed by atoms with Crippen LogP contribution in [-0.4, -0.2) is 25.2 Å². The van der Waals surface area contributed by atoms with Crippen molar-refractivity contribution in [3.8, 4) is 0 Å². The molecule has 4 nitrogen and oxygen atoms in total. The molecule has 1 aliphatic carbocycles. The Kier molecular flexibility index (Phi) is 3.74. The van der Waals surface area contributed by atoms with E-state index in [0.29, 0.717) is 16.3 Å². The van der Waals surface area contributed by atoms with Crippen LogP contribution < -0.4 is 11.1 Å². The van der Waals surface area contributed by atoms with Crippen molar-refractivity contribution in [1.29, 1.82) is 0 Å². The zero-order valence-electron chi connectivity index (χ0n) is 11.4. The predicted octanol–water partition coefficient (Wildman–Crippen LogP) is 2.47. The highest BCUT2D eigenvalue weighted by Crippen LogP contribution is 2.42. The number of anilines is 1. The molecule has 0 heterocycles. The van der Waals surface area contributed by atoms with Crippen molar-refractivity contribution in [2.45, 2.75) is 32.4 Å². The zero-order valence-corrected chi connectivity index (χ0v) is 12.1. The number of halogens is 1. The smallest absolute Gasteiger partial charge is 0.251 e. The fraction of sp³-hybridized carbons (Fsp3) is 0.500. The summed E-state index contributed by atoms with van der Waals surface area (Å²) in [5.74, 6) is -0.130. The molecule has 1 aromatic rings. The van der Waals surface area contributed by atoms with Gasteiger partial charge in [-0.1, -0.05) is 25.4 Å². The van der Waals surface area contributed by atoms with Gasteiger partial charge in [-0.05, 0) is 24.6 Å². The molecule has 1 saturated carbocycles. The minimum absolute atomic E-state index is 0.0536. The molecule has 0 spiro atoms. The lowest BCUT2D eigenvalue weighted by Crippen LogP contribution is -2.61. The monoisotopic (exact) mass is 282 g/mol. The van der Waals surface area contributed by atoms with Crippen LogP contribution in [0.1, 0.15) is 30.6 Å². The topological polar surface area (TPSA) is 64.3 Å². The minimum atomic E-state index is -0.130. The summed E-state index contributed by atoms with van der Waals surface area (Å²) < 4.78 is 5.36. The van der Waals surface area contributed by atoms with Gasteiger partial charge >= 0.3 is 0 Å². The molecule has 0 aromatic heterocycles. The average molecular weight is 283 g/mol. The van der Waals surface area contributed by atoms with Gasteiger partial charge in [0.15, 0.2) is 0 Å². The molecule has 1 aliphatic rings. The van der Waals surface area contributed by atoms with Gasteiger partial charge in [0.2, 0.25) is 0 Å². The third kappa shape index (κ3) is 2.55. The Morgan fingerprint density at radius 3 is 2.74 bits per heavy atom. The Balaban J connectivity index is 2.04. The summed E-state index contributed by atoms with van der Waals surface area (Å²) >= 11 is 5.92. The molecule has 0 aliphatic heterocycles. The number of methoxy groups -OCH3 is 1. The Labute approximate surface area is 118 Å². The van der Waals surface area contributed by atoms with Gasteiger partial charge in [-0.3, -0.25) is 4.79 Å². The van der Waals surface area contributed by atoms with Gasteiger partial charge in [0.25, 0.3) is 5.91 Å². The van der Waals surface area contributed by atoms with Crippen LogP contribution in [0.4, 0.5) is 5.69 Å². The van der Waals surface area contributed by atoms with Crippen molar-refractivity contribution in [3.63, 3.8) is 0 Å². The van der Waals surface area contributed by atoms with Crippen LogP contribution in [-0.2, 0) is 4.74 Å². The van der Waals surface area contributed by atoms with E-state index in [0.717, 1.165) is 6.42 Å². The molecule has 0 bridgehead atoms. The molecule has 104 valence electrons. The number of nitrogens with two attached hydrogens (primary N) is 1. The number of carbonyl (C=O) groups is 1. The maximum atomic E-state index is 12.1. The summed E-state index contributed by atoms with van der Waals surface area (Å²) in [4.78, 5) is 12.1.